The molecule has 0 aliphatic heterocycles. The Hall–Kier alpha value is -1.32. The van der Waals surface area contributed by atoms with Gasteiger partial charge in [0.2, 0.25) is 0 Å². The molecule has 1 heterocycles. The number of thiophene rings is 1. The number of ether oxygens (including phenoxy) is 1. The van der Waals surface area contributed by atoms with Crippen LogP contribution in [0.1, 0.15) is 31.1 Å². The van der Waals surface area contributed by atoms with Crippen LogP contribution in [0.3, 0.4) is 0 Å². The van der Waals surface area contributed by atoms with E-state index in [1.807, 2.05) is 54.9 Å². The van der Waals surface area contributed by atoms with E-state index >= 15 is 0 Å². The minimum atomic E-state index is -0.572. The van der Waals surface area contributed by atoms with E-state index < -0.39 is 6.10 Å². The van der Waals surface area contributed by atoms with Gasteiger partial charge in [-0.1, -0.05) is 12.1 Å². The molecule has 1 aromatic heterocycles. The molecule has 3 heteroatoms. The van der Waals surface area contributed by atoms with Crippen LogP contribution >= 0.6 is 11.3 Å². The summed E-state index contributed by atoms with van der Waals surface area (Å²) in [7, 11) is 0. The lowest BCUT2D eigenvalue weighted by Crippen LogP contribution is -2.06. The van der Waals surface area contributed by atoms with E-state index in [2.05, 4.69) is 0 Å². The molecule has 2 nitrogen and oxygen atoms in total. The first-order chi connectivity index (χ1) is 8.16. The Morgan fingerprint density at radius 2 is 2.00 bits per heavy atom. The second-order valence-corrected chi connectivity index (χ2v) is 4.98. The van der Waals surface area contributed by atoms with Crippen molar-refractivity contribution in [2.45, 2.75) is 26.1 Å². The standard InChI is InChI=1S/C14H16O2S/c1-10(2)16-13-5-3-4-11(8-13)14(15)12-6-7-17-9-12/h3-10,14-15H,1-2H3/t14-/m0/s1. The lowest BCUT2D eigenvalue weighted by molar-refractivity contribution is 0.217. The van der Waals surface area contributed by atoms with Crippen LogP contribution in [0.15, 0.2) is 41.1 Å². The Kier molecular flexibility index (Phi) is 3.82. The fourth-order valence-corrected chi connectivity index (χ4v) is 2.33. The highest BCUT2D eigenvalue weighted by Crippen LogP contribution is 2.26. The van der Waals surface area contributed by atoms with Gasteiger partial charge in [-0.25, -0.2) is 0 Å². The van der Waals surface area contributed by atoms with Crippen LogP contribution in [-0.4, -0.2) is 11.2 Å². The summed E-state index contributed by atoms with van der Waals surface area (Å²) >= 11 is 1.59. The molecule has 0 saturated carbocycles. The van der Waals surface area contributed by atoms with Crippen LogP contribution < -0.4 is 4.74 Å². The summed E-state index contributed by atoms with van der Waals surface area (Å²) in [5.41, 5.74) is 1.79. The average molecular weight is 248 g/mol. The summed E-state index contributed by atoms with van der Waals surface area (Å²) in [5.74, 6) is 0.798. The van der Waals surface area contributed by atoms with E-state index in [-0.39, 0.29) is 6.10 Å². The molecular formula is C14H16O2S. The fourth-order valence-electron chi connectivity index (χ4n) is 1.65. The number of hydrogen-bond acceptors (Lipinski definition) is 3. The van der Waals surface area contributed by atoms with Gasteiger partial charge in [0.05, 0.1) is 6.10 Å². The fraction of sp³-hybridized carbons (Fsp3) is 0.286. The zero-order valence-electron chi connectivity index (χ0n) is 9.96. The zero-order chi connectivity index (χ0) is 12.3. The third-order valence-electron chi connectivity index (χ3n) is 2.40. The second-order valence-electron chi connectivity index (χ2n) is 4.20. The maximum Gasteiger partial charge on any atom is 0.120 e. The summed E-state index contributed by atoms with van der Waals surface area (Å²) < 4.78 is 5.61. The highest BCUT2D eigenvalue weighted by molar-refractivity contribution is 7.07. The molecule has 0 bridgehead atoms. The van der Waals surface area contributed by atoms with Crippen molar-refractivity contribution in [1.29, 1.82) is 0 Å². The third-order valence-corrected chi connectivity index (χ3v) is 3.11. The number of aliphatic hydroxyl groups is 1. The number of hydrogen-bond donors (Lipinski definition) is 1. The van der Waals surface area contributed by atoms with E-state index in [0.29, 0.717) is 0 Å². The van der Waals surface area contributed by atoms with Gasteiger partial charge in [-0.2, -0.15) is 11.3 Å². The molecule has 0 fully saturated rings. The van der Waals surface area contributed by atoms with E-state index in [9.17, 15) is 5.11 Å². The first-order valence-corrected chi connectivity index (χ1v) is 6.58. The van der Waals surface area contributed by atoms with E-state index in [1.165, 1.54) is 0 Å². The average Bonchev–Trinajstić information content (AvgIpc) is 2.81. The largest absolute Gasteiger partial charge is 0.491 e. The first kappa shape index (κ1) is 12.1. The Bertz CT molecular complexity index is 463. The van der Waals surface area contributed by atoms with Crippen molar-refractivity contribution >= 4 is 11.3 Å². The highest BCUT2D eigenvalue weighted by Gasteiger charge is 2.11. The van der Waals surface area contributed by atoms with Gasteiger partial charge in [0, 0.05) is 0 Å². The summed E-state index contributed by atoms with van der Waals surface area (Å²) in [6, 6.07) is 9.55. The molecule has 0 amide bonds. The van der Waals surface area contributed by atoms with Crippen LogP contribution in [-0.2, 0) is 0 Å². The topological polar surface area (TPSA) is 29.5 Å². The van der Waals surface area contributed by atoms with Gasteiger partial charge in [0.15, 0.2) is 0 Å². The van der Waals surface area contributed by atoms with Crippen LogP contribution in [0, 0.1) is 0 Å². The van der Waals surface area contributed by atoms with Crippen LogP contribution in [0.4, 0.5) is 0 Å². The maximum atomic E-state index is 10.2. The number of aliphatic hydroxyl groups excluding tert-OH is 1. The molecule has 0 unspecified atom stereocenters. The number of benzene rings is 1. The lowest BCUT2D eigenvalue weighted by atomic mass is 10.0. The van der Waals surface area contributed by atoms with Crippen LogP contribution in [0.2, 0.25) is 0 Å². The molecule has 1 atom stereocenters. The smallest absolute Gasteiger partial charge is 0.120 e. The summed E-state index contributed by atoms with van der Waals surface area (Å²) in [6.45, 7) is 3.98. The Labute approximate surface area is 105 Å². The molecule has 90 valence electrons. The SMILES string of the molecule is CC(C)Oc1cccc([C@H](O)c2ccsc2)c1. The van der Waals surface area contributed by atoms with E-state index in [0.717, 1.165) is 16.9 Å². The van der Waals surface area contributed by atoms with Gasteiger partial charge in [0.25, 0.3) is 0 Å². The molecular weight excluding hydrogens is 232 g/mol. The van der Waals surface area contributed by atoms with Crippen LogP contribution in [0.25, 0.3) is 0 Å². The minimum absolute atomic E-state index is 0.142. The van der Waals surface area contributed by atoms with Gasteiger partial charge in [-0.3, -0.25) is 0 Å². The molecule has 0 aliphatic carbocycles. The molecule has 0 spiro atoms. The van der Waals surface area contributed by atoms with Crippen LogP contribution in [0.5, 0.6) is 5.75 Å². The third kappa shape index (κ3) is 3.08. The molecule has 17 heavy (non-hydrogen) atoms. The summed E-state index contributed by atoms with van der Waals surface area (Å²) in [6.07, 6.45) is -0.430. The van der Waals surface area contributed by atoms with E-state index in [4.69, 9.17) is 4.74 Å². The molecule has 1 N–H and O–H groups in total. The van der Waals surface area contributed by atoms with Crippen molar-refractivity contribution < 1.29 is 9.84 Å². The minimum Gasteiger partial charge on any atom is -0.491 e. The van der Waals surface area contributed by atoms with Gasteiger partial charge in [-0.05, 0) is 53.9 Å². The molecule has 1 aromatic carbocycles. The summed E-state index contributed by atoms with van der Waals surface area (Å²) in [4.78, 5) is 0. The van der Waals surface area contributed by atoms with Crippen molar-refractivity contribution in [2.24, 2.45) is 0 Å². The van der Waals surface area contributed by atoms with Crippen molar-refractivity contribution in [3.63, 3.8) is 0 Å². The Morgan fingerprint density at radius 1 is 1.18 bits per heavy atom. The van der Waals surface area contributed by atoms with Crippen molar-refractivity contribution in [2.75, 3.05) is 0 Å². The highest BCUT2D eigenvalue weighted by atomic mass is 32.1. The molecule has 0 saturated heterocycles. The van der Waals surface area contributed by atoms with E-state index in [1.54, 1.807) is 11.3 Å². The van der Waals surface area contributed by atoms with Gasteiger partial charge in [-0.15, -0.1) is 0 Å². The Balaban J connectivity index is 2.21. The first-order valence-electron chi connectivity index (χ1n) is 5.63. The predicted octanol–water partition coefficient (Wildman–Crippen LogP) is 3.62. The second kappa shape index (κ2) is 5.34. The van der Waals surface area contributed by atoms with Gasteiger partial charge in [0.1, 0.15) is 11.9 Å². The summed E-state index contributed by atoms with van der Waals surface area (Å²) in [5, 5.41) is 14.1. The number of rotatable bonds is 4. The molecule has 0 radical (unpaired) electrons. The maximum absolute atomic E-state index is 10.2. The van der Waals surface area contributed by atoms with Gasteiger partial charge < -0.3 is 9.84 Å². The lowest BCUT2D eigenvalue weighted by Gasteiger charge is -2.13. The molecule has 2 aromatic rings. The Morgan fingerprint density at radius 3 is 2.65 bits per heavy atom. The quantitative estimate of drug-likeness (QED) is 0.895. The molecule has 0 aliphatic rings. The van der Waals surface area contributed by atoms with Crippen molar-refractivity contribution in [3.8, 4) is 5.75 Å². The normalized spacial score (nSPS) is 12.7. The van der Waals surface area contributed by atoms with Gasteiger partial charge >= 0.3 is 0 Å². The molecule has 2 rings (SSSR count). The van der Waals surface area contributed by atoms with Crippen molar-refractivity contribution in [1.82, 2.24) is 0 Å². The van der Waals surface area contributed by atoms with Crippen molar-refractivity contribution in [3.05, 3.63) is 52.2 Å². The monoisotopic (exact) mass is 248 g/mol. The zero-order valence-corrected chi connectivity index (χ0v) is 10.8. The predicted molar refractivity (Wildman–Crippen MR) is 70.6 cm³/mol.